The van der Waals surface area contributed by atoms with Crippen molar-refractivity contribution in [3.8, 4) is 0 Å². The number of carbonyl (C=O) groups is 1. The molecule has 0 fully saturated rings. The van der Waals surface area contributed by atoms with Crippen LogP contribution in [0, 0.1) is 0 Å². The third-order valence-corrected chi connectivity index (χ3v) is 4.40. The molecule has 0 N–H and O–H groups in total. The topological polar surface area (TPSA) is 52.0 Å². The molecule has 0 saturated heterocycles. The molecule has 1 aromatic heterocycles. The number of hydrogen-bond acceptors (Lipinski definition) is 3. The number of aryl methyl sites for hydroxylation is 2. The van der Waals surface area contributed by atoms with Gasteiger partial charge in [0.2, 0.25) is 0 Å². The third kappa shape index (κ3) is 2.74. The molecule has 1 aliphatic rings. The van der Waals surface area contributed by atoms with Crippen LogP contribution in [0.25, 0.3) is 0 Å². The normalized spacial score (nSPS) is 13.2. The first-order valence-electron chi connectivity index (χ1n) is 6.62. The van der Waals surface area contributed by atoms with E-state index < -0.39 is 5.56 Å². The monoisotopic (exact) mass is 322 g/mol. The van der Waals surface area contributed by atoms with E-state index in [1.165, 1.54) is 17.3 Å². The molecule has 21 heavy (non-hydrogen) atoms. The van der Waals surface area contributed by atoms with Crippen molar-refractivity contribution in [3.05, 3.63) is 61.5 Å². The van der Waals surface area contributed by atoms with Crippen LogP contribution in [0.1, 0.15) is 27.9 Å². The van der Waals surface area contributed by atoms with Gasteiger partial charge in [-0.3, -0.25) is 9.59 Å². The lowest BCUT2D eigenvalue weighted by Gasteiger charge is -2.06. The third-order valence-electron chi connectivity index (χ3n) is 3.66. The van der Waals surface area contributed by atoms with Crippen molar-refractivity contribution >= 4 is 29.0 Å². The van der Waals surface area contributed by atoms with Gasteiger partial charge in [0.1, 0.15) is 11.6 Å². The number of aromatic nitrogens is 2. The van der Waals surface area contributed by atoms with Crippen LogP contribution in [0.15, 0.2) is 29.2 Å². The lowest BCUT2D eigenvalue weighted by Crippen LogP contribution is -2.27. The van der Waals surface area contributed by atoms with Crippen molar-refractivity contribution in [3.63, 3.8) is 0 Å². The maximum atomic E-state index is 12.3. The van der Waals surface area contributed by atoms with Crippen LogP contribution < -0.4 is 5.56 Å². The number of Topliss-reactive ketones (excluding diaryl/α,β-unsaturated/α-hetero) is 1. The molecular formula is C15H12Cl2N2O2. The fourth-order valence-electron chi connectivity index (χ4n) is 2.53. The number of ketones is 1. The summed E-state index contributed by atoms with van der Waals surface area (Å²) < 4.78 is 1.03. The summed E-state index contributed by atoms with van der Waals surface area (Å²) in [6.07, 6.45) is 4.46. The standard InChI is InChI=1S/C15H12Cl2N2O2/c16-12-7-18-19(15(21)14(12)17)8-13(20)11-5-4-9-2-1-3-10(9)6-11/h4-7H,1-3,8H2. The molecule has 108 valence electrons. The van der Waals surface area contributed by atoms with E-state index in [-0.39, 0.29) is 22.4 Å². The molecule has 1 aromatic carbocycles. The van der Waals surface area contributed by atoms with E-state index in [1.54, 1.807) is 6.07 Å². The average Bonchev–Trinajstić information content (AvgIpc) is 2.95. The number of carbonyl (C=O) groups excluding carboxylic acids is 1. The van der Waals surface area contributed by atoms with Crippen molar-refractivity contribution in [1.82, 2.24) is 9.78 Å². The van der Waals surface area contributed by atoms with Crippen molar-refractivity contribution < 1.29 is 4.79 Å². The Morgan fingerprint density at radius 2 is 2.00 bits per heavy atom. The van der Waals surface area contributed by atoms with Crippen LogP contribution in [0.5, 0.6) is 0 Å². The largest absolute Gasteiger partial charge is 0.292 e. The minimum Gasteiger partial charge on any atom is -0.292 e. The second-order valence-corrected chi connectivity index (χ2v) is 5.81. The first-order chi connectivity index (χ1) is 10.1. The molecule has 6 heteroatoms. The number of nitrogens with zero attached hydrogens (tertiary/aromatic N) is 2. The highest BCUT2D eigenvalue weighted by molar-refractivity contribution is 6.41. The second kappa shape index (κ2) is 5.62. The number of halogens is 2. The first kappa shape index (κ1) is 14.3. The fraction of sp³-hybridized carbons (Fsp3) is 0.267. The van der Waals surface area contributed by atoms with E-state index in [9.17, 15) is 9.59 Å². The van der Waals surface area contributed by atoms with Gasteiger partial charge in [0.25, 0.3) is 5.56 Å². The molecule has 1 heterocycles. The van der Waals surface area contributed by atoms with Gasteiger partial charge in [-0.15, -0.1) is 0 Å². The number of hydrogen-bond donors (Lipinski definition) is 0. The fourth-order valence-corrected chi connectivity index (χ4v) is 2.80. The lowest BCUT2D eigenvalue weighted by molar-refractivity contribution is 0.0965. The van der Waals surface area contributed by atoms with E-state index in [0.29, 0.717) is 5.56 Å². The van der Waals surface area contributed by atoms with Gasteiger partial charge in [0.15, 0.2) is 5.78 Å². The maximum absolute atomic E-state index is 12.3. The Kier molecular flexibility index (Phi) is 3.83. The molecule has 0 atom stereocenters. The first-order valence-corrected chi connectivity index (χ1v) is 7.38. The summed E-state index contributed by atoms with van der Waals surface area (Å²) in [5, 5.41) is 3.81. The molecule has 4 nitrogen and oxygen atoms in total. The molecule has 0 saturated carbocycles. The second-order valence-electron chi connectivity index (χ2n) is 5.03. The van der Waals surface area contributed by atoms with Gasteiger partial charge in [-0.25, -0.2) is 4.68 Å². The molecular weight excluding hydrogens is 311 g/mol. The van der Waals surface area contributed by atoms with E-state index in [4.69, 9.17) is 23.2 Å². The molecule has 0 radical (unpaired) electrons. The van der Waals surface area contributed by atoms with Crippen molar-refractivity contribution in [2.75, 3.05) is 0 Å². The van der Waals surface area contributed by atoms with Crippen molar-refractivity contribution in [2.24, 2.45) is 0 Å². The predicted octanol–water partition coefficient (Wildman–Crippen LogP) is 2.92. The van der Waals surface area contributed by atoms with E-state index in [0.717, 1.165) is 23.9 Å². The van der Waals surface area contributed by atoms with Gasteiger partial charge in [0.05, 0.1) is 11.2 Å². The summed E-state index contributed by atoms with van der Waals surface area (Å²) >= 11 is 11.5. The summed E-state index contributed by atoms with van der Waals surface area (Å²) in [6, 6.07) is 5.70. The lowest BCUT2D eigenvalue weighted by atomic mass is 10.0. The van der Waals surface area contributed by atoms with Gasteiger partial charge >= 0.3 is 0 Å². The van der Waals surface area contributed by atoms with Crippen molar-refractivity contribution in [1.29, 1.82) is 0 Å². The Hall–Kier alpha value is -1.65. The molecule has 1 aliphatic carbocycles. The highest BCUT2D eigenvalue weighted by Gasteiger charge is 2.16. The average molecular weight is 323 g/mol. The Bertz CT molecular complexity index is 784. The van der Waals surface area contributed by atoms with E-state index in [1.807, 2.05) is 12.1 Å². The van der Waals surface area contributed by atoms with Crippen LogP contribution in [-0.4, -0.2) is 15.6 Å². The number of rotatable bonds is 3. The Morgan fingerprint density at radius 1 is 1.24 bits per heavy atom. The summed E-state index contributed by atoms with van der Waals surface area (Å²) in [5.74, 6) is -0.169. The van der Waals surface area contributed by atoms with Gasteiger partial charge in [-0.2, -0.15) is 5.10 Å². The Morgan fingerprint density at radius 3 is 2.81 bits per heavy atom. The summed E-state index contributed by atoms with van der Waals surface area (Å²) in [4.78, 5) is 24.2. The van der Waals surface area contributed by atoms with Gasteiger partial charge < -0.3 is 0 Å². The van der Waals surface area contributed by atoms with Crippen LogP contribution >= 0.6 is 23.2 Å². The number of benzene rings is 1. The minimum atomic E-state index is -0.557. The highest BCUT2D eigenvalue weighted by Crippen LogP contribution is 2.23. The summed E-state index contributed by atoms with van der Waals surface area (Å²) in [5.41, 5.74) is 2.56. The van der Waals surface area contributed by atoms with E-state index in [2.05, 4.69) is 5.10 Å². The van der Waals surface area contributed by atoms with Gasteiger partial charge in [-0.1, -0.05) is 35.3 Å². The molecule has 2 aromatic rings. The Balaban J connectivity index is 1.87. The van der Waals surface area contributed by atoms with Crippen molar-refractivity contribution in [2.45, 2.75) is 25.8 Å². The van der Waals surface area contributed by atoms with E-state index >= 15 is 0 Å². The number of fused-ring (bicyclic) bond motifs is 1. The zero-order valence-corrected chi connectivity index (χ0v) is 12.6. The van der Waals surface area contributed by atoms with Crippen LogP contribution in [-0.2, 0) is 19.4 Å². The van der Waals surface area contributed by atoms with Gasteiger partial charge in [0, 0.05) is 5.56 Å². The molecule has 0 spiro atoms. The molecule has 3 rings (SSSR count). The predicted molar refractivity (Wildman–Crippen MR) is 81.3 cm³/mol. The minimum absolute atomic E-state index is 0.0860. The van der Waals surface area contributed by atoms with Crippen LogP contribution in [0.2, 0.25) is 10.0 Å². The highest BCUT2D eigenvalue weighted by atomic mass is 35.5. The molecule has 0 amide bonds. The van der Waals surface area contributed by atoms with Crippen LogP contribution in [0.4, 0.5) is 0 Å². The maximum Gasteiger partial charge on any atom is 0.287 e. The van der Waals surface area contributed by atoms with Crippen LogP contribution in [0.3, 0.4) is 0 Å². The zero-order valence-electron chi connectivity index (χ0n) is 11.1. The summed E-state index contributed by atoms with van der Waals surface area (Å²) in [7, 11) is 0. The smallest absolute Gasteiger partial charge is 0.287 e. The molecule has 0 bridgehead atoms. The van der Waals surface area contributed by atoms with Gasteiger partial charge in [-0.05, 0) is 36.5 Å². The summed E-state index contributed by atoms with van der Waals surface area (Å²) in [6.45, 7) is -0.144. The SMILES string of the molecule is O=C(Cn1ncc(Cl)c(Cl)c1=O)c1ccc2c(c1)CCC2. The quantitative estimate of drug-likeness (QED) is 0.816. The zero-order chi connectivity index (χ0) is 15.0. The molecule has 0 unspecified atom stereocenters. The molecule has 0 aliphatic heterocycles. The Labute approximate surface area is 131 Å².